The molecule has 11 heavy (non-hydrogen) atoms. The molecule has 0 aliphatic rings. The highest BCUT2D eigenvalue weighted by Crippen LogP contribution is 2.07. The van der Waals surface area contributed by atoms with Crippen molar-refractivity contribution in [3.05, 3.63) is 10.1 Å². The Balaban J connectivity index is 3.71. The zero-order chi connectivity index (χ0) is 8.69. The molecule has 4 heteroatoms. The summed E-state index contributed by atoms with van der Waals surface area (Å²) in [4.78, 5) is 10.0. The summed E-state index contributed by atoms with van der Waals surface area (Å²) in [6, 6.07) is 1.39. The first-order chi connectivity index (χ1) is 5.22. The summed E-state index contributed by atoms with van der Waals surface area (Å²) < 4.78 is 0. The molecule has 1 atom stereocenters. The van der Waals surface area contributed by atoms with Gasteiger partial charge in [0.1, 0.15) is 0 Å². The third-order valence-electron chi connectivity index (χ3n) is 1.51. The molecular formula is C7H12N2O2. The van der Waals surface area contributed by atoms with Gasteiger partial charge in [0.2, 0.25) is 6.04 Å². The fourth-order valence-electron chi connectivity index (χ4n) is 0.920. The highest BCUT2D eigenvalue weighted by atomic mass is 16.6. The van der Waals surface area contributed by atoms with Crippen molar-refractivity contribution in [2.24, 2.45) is 0 Å². The first-order valence-electron chi connectivity index (χ1n) is 3.72. The molecule has 0 aromatic rings. The van der Waals surface area contributed by atoms with E-state index in [-0.39, 0.29) is 11.3 Å². The Hall–Kier alpha value is -1.11. The van der Waals surface area contributed by atoms with E-state index >= 15 is 0 Å². The molecule has 0 aliphatic heterocycles. The van der Waals surface area contributed by atoms with E-state index in [0.29, 0.717) is 12.8 Å². The molecule has 4 nitrogen and oxygen atoms in total. The predicted octanol–water partition coefficient (Wildman–Crippen LogP) is 1.74. The van der Waals surface area contributed by atoms with Crippen LogP contribution in [-0.2, 0) is 0 Å². The van der Waals surface area contributed by atoms with Crippen molar-refractivity contribution in [3.8, 4) is 6.07 Å². The van der Waals surface area contributed by atoms with Gasteiger partial charge in [0.15, 0.2) is 0 Å². The van der Waals surface area contributed by atoms with Crippen LogP contribution in [0.25, 0.3) is 0 Å². The molecule has 0 heterocycles. The van der Waals surface area contributed by atoms with Gasteiger partial charge in [-0.1, -0.05) is 6.92 Å². The molecule has 0 radical (unpaired) electrons. The Morgan fingerprint density at radius 3 is 2.64 bits per heavy atom. The summed E-state index contributed by atoms with van der Waals surface area (Å²) in [5, 5.41) is 18.5. The fraction of sp³-hybridized carbons (Fsp3) is 0.857. The maximum absolute atomic E-state index is 10.3. The Labute approximate surface area is 66.0 Å². The average molecular weight is 156 g/mol. The summed E-state index contributed by atoms with van der Waals surface area (Å²) in [6.45, 7) is 1.91. The normalized spacial score (nSPS) is 12.0. The number of rotatable bonds is 5. The van der Waals surface area contributed by atoms with Crippen LogP contribution in [-0.4, -0.2) is 11.0 Å². The van der Waals surface area contributed by atoms with Crippen LogP contribution in [0.4, 0.5) is 0 Å². The average Bonchev–Trinajstić information content (AvgIpc) is 1.97. The molecule has 0 amide bonds. The Bertz CT molecular complexity index is 162. The molecule has 62 valence electrons. The Morgan fingerprint density at radius 1 is 1.64 bits per heavy atom. The summed E-state index contributed by atoms with van der Waals surface area (Å²) in [6.07, 6.45) is 2.05. The summed E-state index contributed by atoms with van der Waals surface area (Å²) in [7, 11) is 0. The minimum Gasteiger partial charge on any atom is -0.264 e. The van der Waals surface area contributed by atoms with Gasteiger partial charge in [-0.15, -0.1) is 0 Å². The van der Waals surface area contributed by atoms with Gasteiger partial charge in [-0.25, -0.2) is 0 Å². The second-order valence-electron chi connectivity index (χ2n) is 2.42. The van der Waals surface area contributed by atoms with Gasteiger partial charge in [-0.2, -0.15) is 5.26 Å². The second kappa shape index (κ2) is 5.66. The van der Waals surface area contributed by atoms with Crippen LogP contribution < -0.4 is 0 Å². The van der Waals surface area contributed by atoms with Crippen LogP contribution in [0.3, 0.4) is 0 Å². The summed E-state index contributed by atoms with van der Waals surface area (Å²) >= 11 is 0. The third-order valence-corrected chi connectivity index (χ3v) is 1.51. The van der Waals surface area contributed by atoms with Gasteiger partial charge >= 0.3 is 0 Å². The Morgan fingerprint density at radius 2 is 2.27 bits per heavy atom. The highest BCUT2D eigenvalue weighted by Gasteiger charge is 2.17. The highest BCUT2D eigenvalue weighted by molar-refractivity contribution is 4.71. The second-order valence-corrected chi connectivity index (χ2v) is 2.42. The van der Waals surface area contributed by atoms with Crippen LogP contribution in [0, 0.1) is 21.4 Å². The van der Waals surface area contributed by atoms with E-state index in [2.05, 4.69) is 0 Å². The van der Waals surface area contributed by atoms with Crippen molar-refractivity contribution in [1.29, 1.82) is 5.26 Å². The minimum absolute atomic E-state index is 0.283. The summed E-state index contributed by atoms with van der Waals surface area (Å²) in [5.74, 6) is 0. The zero-order valence-electron chi connectivity index (χ0n) is 6.62. The quantitative estimate of drug-likeness (QED) is 0.449. The monoisotopic (exact) mass is 156 g/mol. The fourth-order valence-corrected chi connectivity index (χ4v) is 0.920. The maximum atomic E-state index is 10.3. The van der Waals surface area contributed by atoms with E-state index in [0.717, 1.165) is 6.42 Å². The number of hydrogen-bond acceptors (Lipinski definition) is 3. The van der Waals surface area contributed by atoms with Crippen LogP contribution >= 0.6 is 0 Å². The first kappa shape index (κ1) is 9.89. The predicted molar refractivity (Wildman–Crippen MR) is 40.5 cm³/mol. The van der Waals surface area contributed by atoms with Gasteiger partial charge in [-0.3, -0.25) is 10.1 Å². The van der Waals surface area contributed by atoms with Crippen LogP contribution in [0.1, 0.15) is 32.6 Å². The molecule has 0 rings (SSSR count). The van der Waals surface area contributed by atoms with Crippen molar-refractivity contribution in [2.45, 2.75) is 38.6 Å². The van der Waals surface area contributed by atoms with E-state index in [1.54, 1.807) is 0 Å². The van der Waals surface area contributed by atoms with Gasteiger partial charge in [0.25, 0.3) is 0 Å². The molecular weight excluding hydrogens is 144 g/mol. The molecule has 0 aromatic carbocycles. The smallest absolute Gasteiger partial charge is 0.214 e. The van der Waals surface area contributed by atoms with Crippen molar-refractivity contribution in [1.82, 2.24) is 0 Å². The van der Waals surface area contributed by atoms with Gasteiger partial charge in [0, 0.05) is 24.2 Å². The number of nitrogens with zero attached hydrogens (tertiary/aromatic N) is 2. The number of nitriles is 1. The molecule has 0 saturated heterocycles. The minimum atomic E-state index is -0.514. The largest absolute Gasteiger partial charge is 0.264 e. The lowest BCUT2D eigenvalue weighted by atomic mass is 10.1. The molecule has 0 aliphatic carbocycles. The SMILES string of the molecule is CCCC(CCC#N)[N+](=O)[O-]. The van der Waals surface area contributed by atoms with E-state index < -0.39 is 6.04 Å². The van der Waals surface area contributed by atoms with E-state index in [4.69, 9.17) is 5.26 Å². The van der Waals surface area contributed by atoms with Crippen molar-refractivity contribution in [3.63, 3.8) is 0 Å². The zero-order valence-corrected chi connectivity index (χ0v) is 6.62. The standard InChI is InChI=1S/C7H12N2O2/c1-2-4-7(9(10)11)5-3-6-8/h7H,2-5H2,1H3. The van der Waals surface area contributed by atoms with E-state index in [1.165, 1.54) is 0 Å². The van der Waals surface area contributed by atoms with Gasteiger partial charge in [0.05, 0.1) is 6.07 Å². The number of nitro groups is 1. The van der Waals surface area contributed by atoms with Crippen molar-refractivity contribution >= 4 is 0 Å². The Kier molecular flexibility index (Phi) is 5.09. The van der Waals surface area contributed by atoms with Crippen molar-refractivity contribution in [2.75, 3.05) is 0 Å². The molecule has 0 spiro atoms. The van der Waals surface area contributed by atoms with Gasteiger partial charge in [-0.05, 0) is 6.42 Å². The molecule has 0 N–H and O–H groups in total. The molecule has 0 saturated carbocycles. The first-order valence-corrected chi connectivity index (χ1v) is 3.72. The summed E-state index contributed by atoms with van der Waals surface area (Å²) in [5.41, 5.74) is 0. The van der Waals surface area contributed by atoms with E-state index in [9.17, 15) is 10.1 Å². The van der Waals surface area contributed by atoms with Gasteiger partial charge < -0.3 is 0 Å². The molecule has 0 bridgehead atoms. The maximum Gasteiger partial charge on any atom is 0.214 e. The van der Waals surface area contributed by atoms with E-state index in [1.807, 2.05) is 13.0 Å². The molecule has 0 fully saturated rings. The third kappa shape index (κ3) is 4.31. The lowest BCUT2D eigenvalue weighted by Crippen LogP contribution is -2.18. The number of hydrogen-bond donors (Lipinski definition) is 0. The topological polar surface area (TPSA) is 66.9 Å². The van der Waals surface area contributed by atoms with Crippen LogP contribution in [0.5, 0.6) is 0 Å². The lowest BCUT2D eigenvalue weighted by molar-refractivity contribution is -0.524. The molecule has 0 aromatic heterocycles. The van der Waals surface area contributed by atoms with Crippen LogP contribution in [0.15, 0.2) is 0 Å². The lowest BCUT2D eigenvalue weighted by Gasteiger charge is -2.04. The van der Waals surface area contributed by atoms with Crippen LogP contribution in [0.2, 0.25) is 0 Å². The van der Waals surface area contributed by atoms with Crippen molar-refractivity contribution < 1.29 is 4.92 Å². The molecule has 1 unspecified atom stereocenters.